The Labute approximate surface area is 200 Å². The van der Waals surface area contributed by atoms with E-state index in [4.69, 9.17) is 14.2 Å². The van der Waals surface area contributed by atoms with Gasteiger partial charge in [0.1, 0.15) is 11.5 Å². The van der Waals surface area contributed by atoms with Crippen LogP contribution in [0.25, 0.3) is 11.3 Å². The van der Waals surface area contributed by atoms with E-state index >= 15 is 0 Å². The van der Waals surface area contributed by atoms with Gasteiger partial charge in [-0.2, -0.15) is 0 Å². The van der Waals surface area contributed by atoms with Crippen LogP contribution in [0.3, 0.4) is 0 Å². The summed E-state index contributed by atoms with van der Waals surface area (Å²) >= 11 is 0. The van der Waals surface area contributed by atoms with Crippen molar-refractivity contribution in [1.29, 1.82) is 0 Å². The molecule has 6 nitrogen and oxygen atoms in total. The van der Waals surface area contributed by atoms with E-state index in [9.17, 15) is 4.79 Å². The number of esters is 1. The zero-order valence-electron chi connectivity index (χ0n) is 19.6. The van der Waals surface area contributed by atoms with Crippen LogP contribution in [0.4, 0.5) is 0 Å². The first kappa shape index (κ1) is 23.0. The molecule has 0 spiro atoms. The second kappa shape index (κ2) is 10.6. The molecular weight excluding hydrogens is 428 g/mol. The Morgan fingerprint density at radius 1 is 0.824 bits per heavy atom. The molecule has 3 aromatic rings. The third kappa shape index (κ3) is 5.07. The maximum absolute atomic E-state index is 13.2. The van der Waals surface area contributed by atoms with Crippen molar-refractivity contribution in [1.82, 2.24) is 10.4 Å². The van der Waals surface area contributed by atoms with Crippen LogP contribution in [0.5, 0.6) is 11.5 Å². The third-order valence-electron chi connectivity index (χ3n) is 5.51. The number of hydrazine groups is 1. The van der Waals surface area contributed by atoms with Gasteiger partial charge < -0.3 is 14.2 Å². The van der Waals surface area contributed by atoms with Crippen LogP contribution < -0.4 is 14.9 Å². The fourth-order valence-electron chi connectivity index (χ4n) is 3.84. The summed E-state index contributed by atoms with van der Waals surface area (Å²) in [4.78, 5) is 13.2. The standard InChI is InChI=1S/C28H28N2O4/c1-4-34-28(31)25-19-30(18-20-8-6-5-7-9-20)29-27(22-12-16-24(33-3)17-13-22)26(25)21-10-14-23(32-2)15-11-21/h5-17,19,29H,4,18H2,1-3H3. The molecule has 0 saturated heterocycles. The topological polar surface area (TPSA) is 60.0 Å². The number of ether oxygens (including phenoxy) is 3. The van der Waals surface area contributed by atoms with Gasteiger partial charge in [0.15, 0.2) is 0 Å². The van der Waals surface area contributed by atoms with Crippen LogP contribution >= 0.6 is 0 Å². The van der Waals surface area contributed by atoms with Gasteiger partial charge in [0.05, 0.1) is 38.6 Å². The molecule has 4 rings (SSSR count). The number of nitrogens with one attached hydrogen (secondary N) is 1. The number of nitrogens with zero attached hydrogens (tertiary/aromatic N) is 1. The Kier molecular flexibility index (Phi) is 7.18. The minimum Gasteiger partial charge on any atom is -0.497 e. The molecule has 1 N–H and O–H groups in total. The minimum absolute atomic E-state index is 0.288. The lowest BCUT2D eigenvalue weighted by atomic mass is 9.92. The first-order valence-corrected chi connectivity index (χ1v) is 11.1. The summed E-state index contributed by atoms with van der Waals surface area (Å²) < 4.78 is 16.1. The van der Waals surface area contributed by atoms with Crippen LogP contribution in [0.2, 0.25) is 0 Å². The summed E-state index contributed by atoms with van der Waals surface area (Å²) in [5.74, 6) is 1.12. The highest BCUT2D eigenvalue weighted by Gasteiger charge is 2.28. The lowest BCUT2D eigenvalue weighted by Gasteiger charge is -2.32. The van der Waals surface area contributed by atoms with Crippen LogP contribution in [-0.2, 0) is 16.1 Å². The molecule has 0 aromatic heterocycles. The zero-order valence-corrected chi connectivity index (χ0v) is 19.6. The van der Waals surface area contributed by atoms with Crippen LogP contribution in [0, 0.1) is 0 Å². The monoisotopic (exact) mass is 456 g/mol. The highest BCUT2D eigenvalue weighted by atomic mass is 16.5. The molecule has 3 aromatic carbocycles. The lowest BCUT2D eigenvalue weighted by Crippen LogP contribution is -2.37. The maximum Gasteiger partial charge on any atom is 0.340 e. The van der Waals surface area contributed by atoms with Gasteiger partial charge >= 0.3 is 5.97 Å². The molecule has 1 heterocycles. The minimum atomic E-state index is -0.376. The van der Waals surface area contributed by atoms with Gasteiger partial charge in [-0.05, 0) is 54.4 Å². The molecule has 1 aliphatic rings. The molecule has 34 heavy (non-hydrogen) atoms. The van der Waals surface area contributed by atoms with Crippen LogP contribution in [0.1, 0.15) is 23.6 Å². The van der Waals surface area contributed by atoms with E-state index in [2.05, 4.69) is 17.6 Å². The highest BCUT2D eigenvalue weighted by Crippen LogP contribution is 2.36. The number of rotatable bonds is 8. The Morgan fingerprint density at radius 2 is 1.41 bits per heavy atom. The molecule has 1 aliphatic heterocycles. The van der Waals surface area contributed by atoms with Gasteiger partial charge in [-0.1, -0.05) is 42.5 Å². The van der Waals surface area contributed by atoms with Crippen molar-refractivity contribution in [2.45, 2.75) is 13.5 Å². The summed E-state index contributed by atoms with van der Waals surface area (Å²) in [6.07, 6.45) is 1.82. The highest BCUT2D eigenvalue weighted by molar-refractivity contribution is 6.13. The Hall–Kier alpha value is -4.19. The van der Waals surface area contributed by atoms with E-state index in [1.165, 1.54) is 0 Å². The fraction of sp³-hybridized carbons (Fsp3) is 0.179. The van der Waals surface area contributed by atoms with E-state index in [1.807, 2.05) is 84.9 Å². The number of hydrogen-bond donors (Lipinski definition) is 1. The number of carbonyl (C=O) groups is 1. The van der Waals surface area contributed by atoms with Crippen molar-refractivity contribution in [2.75, 3.05) is 20.8 Å². The molecule has 0 aliphatic carbocycles. The zero-order chi connectivity index (χ0) is 23.9. The van der Waals surface area contributed by atoms with E-state index in [-0.39, 0.29) is 12.6 Å². The summed E-state index contributed by atoms with van der Waals surface area (Å²) in [6.45, 7) is 2.66. The summed E-state index contributed by atoms with van der Waals surface area (Å²) in [7, 11) is 3.27. The molecule has 0 saturated carbocycles. The van der Waals surface area contributed by atoms with Crippen molar-refractivity contribution >= 4 is 17.2 Å². The maximum atomic E-state index is 13.2. The average molecular weight is 457 g/mol. The molecule has 174 valence electrons. The smallest absolute Gasteiger partial charge is 0.340 e. The lowest BCUT2D eigenvalue weighted by molar-refractivity contribution is -0.138. The first-order valence-electron chi connectivity index (χ1n) is 11.1. The van der Waals surface area contributed by atoms with Gasteiger partial charge in [0, 0.05) is 17.3 Å². The molecule has 6 heteroatoms. The molecule has 0 fully saturated rings. The van der Waals surface area contributed by atoms with Gasteiger partial charge in [0.25, 0.3) is 0 Å². The SMILES string of the molecule is CCOC(=O)C1=CN(Cc2ccccc2)NC(c2ccc(OC)cc2)=C1c1ccc(OC)cc1. The quantitative estimate of drug-likeness (QED) is 0.479. The summed E-state index contributed by atoms with van der Waals surface area (Å²) in [6, 6.07) is 25.5. The predicted octanol–water partition coefficient (Wildman–Crippen LogP) is 5.04. The Bertz CT molecular complexity index is 1180. The van der Waals surface area contributed by atoms with Gasteiger partial charge in [-0.3, -0.25) is 10.4 Å². The summed E-state index contributed by atoms with van der Waals surface area (Å²) in [5, 5.41) is 1.91. The molecular formula is C28H28N2O4. The Morgan fingerprint density at radius 3 is 1.97 bits per heavy atom. The molecule has 0 unspecified atom stereocenters. The van der Waals surface area contributed by atoms with Crippen molar-refractivity contribution in [3.63, 3.8) is 0 Å². The second-order valence-corrected chi connectivity index (χ2v) is 7.70. The van der Waals surface area contributed by atoms with E-state index in [0.29, 0.717) is 12.1 Å². The number of benzene rings is 3. The number of hydrogen-bond acceptors (Lipinski definition) is 6. The van der Waals surface area contributed by atoms with Crippen molar-refractivity contribution in [2.24, 2.45) is 0 Å². The first-order chi connectivity index (χ1) is 16.6. The predicted molar refractivity (Wildman–Crippen MR) is 133 cm³/mol. The van der Waals surface area contributed by atoms with Gasteiger partial charge in [-0.15, -0.1) is 0 Å². The Balaban J connectivity index is 1.85. The van der Waals surface area contributed by atoms with Crippen LogP contribution in [0.15, 0.2) is 90.6 Å². The van der Waals surface area contributed by atoms with Crippen molar-refractivity contribution in [3.05, 3.63) is 107 Å². The van der Waals surface area contributed by atoms with Crippen molar-refractivity contribution in [3.8, 4) is 11.5 Å². The van der Waals surface area contributed by atoms with Crippen molar-refractivity contribution < 1.29 is 19.0 Å². The van der Waals surface area contributed by atoms with E-state index in [1.54, 1.807) is 14.2 Å². The molecule has 0 atom stereocenters. The normalized spacial score (nSPS) is 13.1. The average Bonchev–Trinajstić information content (AvgIpc) is 2.89. The fourth-order valence-corrected chi connectivity index (χ4v) is 3.84. The second-order valence-electron chi connectivity index (χ2n) is 7.70. The number of methoxy groups -OCH3 is 2. The molecule has 0 bridgehead atoms. The number of carbonyl (C=O) groups excluding carboxylic acids is 1. The van der Waals surface area contributed by atoms with E-state index < -0.39 is 0 Å². The van der Waals surface area contributed by atoms with Gasteiger partial charge in [0.2, 0.25) is 0 Å². The summed E-state index contributed by atoms with van der Waals surface area (Å²) in [5.41, 5.74) is 8.45. The van der Waals surface area contributed by atoms with Crippen LogP contribution in [-0.4, -0.2) is 31.8 Å². The molecule has 0 amide bonds. The van der Waals surface area contributed by atoms with E-state index in [0.717, 1.165) is 39.5 Å². The molecule has 0 radical (unpaired) electrons. The third-order valence-corrected chi connectivity index (χ3v) is 5.51. The van der Waals surface area contributed by atoms with Gasteiger partial charge in [-0.25, -0.2) is 4.79 Å². The largest absolute Gasteiger partial charge is 0.497 e.